The van der Waals surface area contributed by atoms with E-state index in [0.29, 0.717) is 22.9 Å². The van der Waals surface area contributed by atoms with Crippen LogP contribution < -0.4 is 10.2 Å². The van der Waals surface area contributed by atoms with Crippen LogP contribution in [0, 0.1) is 0 Å². The smallest absolute Gasteiger partial charge is 0.272 e. The molecular formula is C18H18ClN3OS. The standard InChI is InChI=1S/C18H18ClN3OS/c1-21(2)16-8-7-13(11-15(16)19)20-18(23)17-6-3-9-22(17)12-14-5-4-10-24-14/h3-11H,12H2,1-2H3,(H,20,23). The Kier molecular flexibility index (Phi) is 4.92. The van der Waals surface area contributed by atoms with Gasteiger partial charge in [-0.2, -0.15) is 0 Å². The Bertz CT molecular complexity index is 840. The molecule has 0 aliphatic carbocycles. The van der Waals surface area contributed by atoms with Crippen molar-refractivity contribution in [2.24, 2.45) is 0 Å². The predicted molar refractivity (Wildman–Crippen MR) is 102 cm³/mol. The maximum absolute atomic E-state index is 12.6. The van der Waals surface area contributed by atoms with Gasteiger partial charge in [0.15, 0.2) is 0 Å². The Morgan fingerprint density at radius 3 is 2.75 bits per heavy atom. The lowest BCUT2D eigenvalue weighted by Crippen LogP contribution is -2.17. The van der Waals surface area contributed by atoms with Crippen molar-refractivity contribution in [3.63, 3.8) is 0 Å². The van der Waals surface area contributed by atoms with Crippen molar-refractivity contribution >= 4 is 40.2 Å². The van der Waals surface area contributed by atoms with E-state index in [1.165, 1.54) is 4.88 Å². The molecule has 1 amide bonds. The van der Waals surface area contributed by atoms with Crippen molar-refractivity contribution in [2.75, 3.05) is 24.3 Å². The van der Waals surface area contributed by atoms with Crippen LogP contribution in [0.5, 0.6) is 0 Å². The molecule has 3 rings (SSSR count). The number of hydrogen-bond donors (Lipinski definition) is 1. The quantitative estimate of drug-likeness (QED) is 0.724. The molecular weight excluding hydrogens is 342 g/mol. The number of carbonyl (C=O) groups excluding carboxylic acids is 1. The summed E-state index contributed by atoms with van der Waals surface area (Å²) >= 11 is 7.94. The van der Waals surface area contributed by atoms with E-state index in [1.54, 1.807) is 17.4 Å². The van der Waals surface area contributed by atoms with E-state index in [2.05, 4.69) is 11.4 Å². The van der Waals surface area contributed by atoms with Gasteiger partial charge in [-0.15, -0.1) is 11.3 Å². The summed E-state index contributed by atoms with van der Waals surface area (Å²) in [6.07, 6.45) is 1.91. The number of carbonyl (C=O) groups is 1. The van der Waals surface area contributed by atoms with Gasteiger partial charge in [-0.3, -0.25) is 4.79 Å². The zero-order chi connectivity index (χ0) is 17.1. The van der Waals surface area contributed by atoms with Crippen molar-refractivity contribution in [2.45, 2.75) is 6.54 Å². The minimum Gasteiger partial charge on any atom is -0.376 e. The molecule has 0 saturated heterocycles. The third-order valence-electron chi connectivity index (χ3n) is 3.66. The number of aromatic nitrogens is 1. The Morgan fingerprint density at radius 1 is 1.25 bits per heavy atom. The molecule has 1 N–H and O–H groups in total. The van der Waals surface area contributed by atoms with Crippen molar-refractivity contribution in [3.8, 4) is 0 Å². The Hall–Kier alpha value is -2.24. The first-order chi connectivity index (χ1) is 11.5. The number of nitrogens with zero attached hydrogens (tertiary/aromatic N) is 2. The van der Waals surface area contributed by atoms with Crippen LogP contribution in [-0.2, 0) is 6.54 Å². The first kappa shape index (κ1) is 16.6. The molecule has 0 unspecified atom stereocenters. The molecule has 4 nitrogen and oxygen atoms in total. The van der Waals surface area contributed by atoms with Crippen molar-refractivity contribution < 1.29 is 4.79 Å². The predicted octanol–water partition coefficient (Wildman–Crippen LogP) is 4.57. The molecule has 0 aliphatic rings. The third-order valence-corrected chi connectivity index (χ3v) is 4.82. The molecule has 0 radical (unpaired) electrons. The van der Waals surface area contributed by atoms with Crippen LogP contribution in [0.2, 0.25) is 5.02 Å². The van der Waals surface area contributed by atoms with Gasteiger partial charge in [0.05, 0.1) is 17.3 Å². The molecule has 0 fully saturated rings. The lowest BCUT2D eigenvalue weighted by Gasteiger charge is -2.15. The van der Waals surface area contributed by atoms with Gasteiger partial charge < -0.3 is 14.8 Å². The highest BCUT2D eigenvalue weighted by molar-refractivity contribution is 7.09. The molecule has 1 aromatic carbocycles. The SMILES string of the molecule is CN(C)c1ccc(NC(=O)c2cccn2Cc2cccs2)cc1Cl. The van der Waals surface area contributed by atoms with Gasteiger partial charge in [0.1, 0.15) is 5.69 Å². The minimum atomic E-state index is -0.148. The summed E-state index contributed by atoms with van der Waals surface area (Å²) in [6.45, 7) is 0.688. The molecule has 0 atom stereocenters. The Balaban J connectivity index is 1.76. The average molecular weight is 360 g/mol. The molecule has 24 heavy (non-hydrogen) atoms. The van der Waals surface area contributed by atoms with Gasteiger partial charge in [-0.1, -0.05) is 17.7 Å². The molecule has 0 bridgehead atoms. The second-order valence-electron chi connectivity index (χ2n) is 5.62. The van der Waals surface area contributed by atoms with Crippen LogP contribution >= 0.6 is 22.9 Å². The van der Waals surface area contributed by atoms with E-state index in [9.17, 15) is 4.79 Å². The molecule has 0 saturated carbocycles. The normalized spacial score (nSPS) is 10.6. The van der Waals surface area contributed by atoms with Gasteiger partial charge in [0.2, 0.25) is 0 Å². The fourth-order valence-electron chi connectivity index (χ4n) is 2.47. The minimum absolute atomic E-state index is 0.148. The van der Waals surface area contributed by atoms with E-state index in [-0.39, 0.29) is 5.91 Å². The monoisotopic (exact) mass is 359 g/mol. The summed E-state index contributed by atoms with van der Waals surface area (Å²) in [6, 6.07) is 13.3. The fraction of sp³-hybridized carbons (Fsp3) is 0.167. The molecule has 6 heteroatoms. The number of anilines is 2. The number of amides is 1. The van der Waals surface area contributed by atoms with Crippen LogP contribution in [0.3, 0.4) is 0 Å². The van der Waals surface area contributed by atoms with Crippen LogP contribution in [0.15, 0.2) is 54.0 Å². The van der Waals surface area contributed by atoms with Crippen molar-refractivity contribution in [1.82, 2.24) is 4.57 Å². The van der Waals surface area contributed by atoms with E-state index in [4.69, 9.17) is 11.6 Å². The zero-order valence-corrected chi connectivity index (χ0v) is 15.1. The molecule has 2 aromatic heterocycles. The summed E-state index contributed by atoms with van der Waals surface area (Å²) in [5.74, 6) is -0.148. The molecule has 0 spiro atoms. The van der Waals surface area contributed by atoms with Gasteiger partial charge >= 0.3 is 0 Å². The highest BCUT2D eigenvalue weighted by Gasteiger charge is 2.13. The molecule has 124 valence electrons. The van der Waals surface area contributed by atoms with Gasteiger partial charge in [-0.25, -0.2) is 0 Å². The van der Waals surface area contributed by atoms with Crippen LogP contribution in [-0.4, -0.2) is 24.6 Å². The lowest BCUT2D eigenvalue weighted by molar-refractivity contribution is 0.101. The summed E-state index contributed by atoms with van der Waals surface area (Å²) in [7, 11) is 3.86. The molecule has 0 aliphatic heterocycles. The number of nitrogens with one attached hydrogen (secondary N) is 1. The van der Waals surface area contributed by atoms with E-state index in [1.807, 2.05) is 65.5 Å². The number of hydrogen-bond acceptors (Lipinski definition) is 3. The van der Waals surface area contributed by atoms with E-state index in [0.717, 1.165) is 5.69 Å². The van der Waals surface area contributed by atoms with Gasteiger partial charge in [0.25, 0.3) is 5.91 Å². The maximum atomic E-state index is 12.6. The highest BCUT2D eigenvalue weighted by Crippen LogP contribution is 2.27. The average Bonchev–Trinajstić information content (AvgIpc) is 3.19. The molecule has 3 aromatic rings. The number of benzene rings is 1. The first-order valence-corrected chi connectivity index (χ1v) is 8.76. The van der Waals surface area contributed by atoms with E-state index >= 15 is 0 Å². The second-order valence-corrected chi connectivity index (χ2v) is 7.05. The van der Waals surface area contributed by atoms with Crippen LogP contribution in [0.1, 0.15) is 15.4 Å². The zero-order valence-electron chi connectivity index (χ0n) is 13.5. The number of thiophene rings is 1. The summed E-state index contributed by atoms with van der Waals surface area (Å²) in [5.41, 5.74) is 2.21. The number of rotatable bonds is 5. The first-order valence-electron chi connectivity index (χ1n) is 7.50. The summed E-state index contributed by atoms with van der Waals surface area (Å²) in [4.78, 5) is 15.7. The third kappa shape index (κ3) is 3.63. The topological polar surface area (TPSA) is 37.3 Å². The van der Waals surface area contributed by atoms with Crippen molar-refractivity contribution in [1.29, 1.82) is 0 Å². The molecule has 2 heterocycles. The van der Waals surface area contributed by atoms with E-state index < -0.39 is 0 Å². The van der Waals surface area contributed by atoms with Crippen molar-refractivity contribution in [3.05, 3.63) is 69.6 Å². The second kappa shape index (κ2) is 7.11. The largest absolute Gasteiger partial charge is 0.376 e. The Labute approximate surface area is 150 Å². The summed E-state index contributed by atoms with van der Waals surface area (Å²) in [5, 5.41) is 5.55. The van der Waals surface area contributed by atoms with Crippen LogP contribution in [0.4, 0.5) is 11.4 Å². The van der Waals surface area contributed by atoms with Crippen LogP contribution in [0.25, 0.3) is 0 Å². The van der Waals surface area contributed by atoms with Gasteiger partial charge in [0, 0.05) is 30.9 Å². The lowest BCUT2D eigenvalue weighted by atomic mass is 10.2. The fourth-order valence-corrected chi connectivity index (χ4v) is 3.52. The summed E-state index contributed by atoms with van der Waals surface area (Å²) < 4.78 is 1.94. The van der Waals surface area contributed by atoms with Gasteiger partial charge in [-0.05, 0) is 41.8 Å². The maximum Gasteiger partial charge on any atom is 0.272 e. The number of halogens is 1. The Morgan fingerprint density at radius 2 is 2.08 bits per heavy atom. The highest BCUT2D eigenvalue weighted by atomic mass is 35.5.